The zero-order valence-electron chi connectivity index (χ0n) is 59.6. The number of anilines is 2. The number of aromatic nitrogens is 8. The smallest absolute Gasteiger partial charge is 0.446 e. The highest BCUT2D eigenvalue weighted by Gasteiger charge is 2.32. The monoisotopic (exact) mass is 1540 g/mol. The number of benzene rings is 2. The van der Waals surface area contributed by atoms with Gasteiger partial charge in [0.2, 0.25) is 23.4 Å². The maximum absolute atomic E-state index is 12.7. The van der Waals surface area contributed by atoms with Crippen LogP contribution in [0.3, 0.4) is 0 Å². The molecule has 10 rings (SSSR count). The molecule has 104 heavy (non-hydrogen) atoms. The van der Waals surface area contributed by atoms with Crippen LogP contribution in [0.2, 0.25) is 25.4 Å². The maximum Gasteiger partial charge on any atom is 0.446 e. The zero-order valence-corrected chi connectivity index (χ0v) is 63.4. The molecule has 0 aliphatic carbocycles. The van der Waals surface area contributed by atoms with Gasteiger partial charge in [-0.15, -0.1) is 0 Å². The normalized spacial score (nSPS) is 16.5. The summed E-state index contributed by atoms with van der Waals surface area (Å²) in [5.41, 5.74) is 9.92. The van der Waals surface area contributed by atoms with Crippen molar-refractivity contribution in [2.24, 2.45) is 23.5 Å². The Morgan fingerprint density at radius 2 is 0.933 bits per heavy atom. The molecule has 0 radical (unpaired) electrons. The van der Waals surface area contributed by atoms with Crippen LogP contribution in [0.25, 0.3) is 0 Å². The van der Waals surface area contributed by atoms with Gasteiger partial charge >= 0.3 is 24.3 Å². The summed E-state index contributed by atoms with van der Waals surface area (Å²) < 4.78 is 41.8. The maximum atomic E-state index is 12.7. The van der Waals surface area contributed by atoms with Crippen LogP contribution in [-0.4, -0.2) is 178 Å². The number of aldehydes is 1. The molecular weight excluding hydrogens is 1460 g/mol. The van der Waals surface area contributed by atoms with Crippen LogP contribution in [0.15, 0.2) is 98.6 Å². The van der Waals surface area contributed by atoms with E-state index >= 15 is 0 Å². The number of nitrogens with two attached hydrogens (primary N) is 1. The third-order valence-corrected chi connectivity index (χ3v) is 16.7. The van der Waals surface area contributed by atoms with Crippen molar-refractivity contribution in [1.82, 2.24) is 59.9 Å². The van der Waals surface area contributed by atoms with Gasteiger partial charge in [-0.25, -0.2) is 54.3 Å². The van der Waals surface area contributed by atoms with Gasteiger partial charge in [-0.2, -0.15) is 13.2 Å². The molecule has 4 atom stereocenters. The molecule has 564 valence electrons. The molecule has 4 saturated heterocycles. The van der Waals surface area contributed by atoms with E-state index in [9.17, 15) is 41.9 Å². The second-order valence-corrected chi connectivity index (χ2v) is 28.1. The molecule has 2 aromatic carbocycles. The van der Waals surface area contributed by atoms with Crippen molar-refractivity contribution < 1.29 is 61.3 Å². The van der Waals surface area contributed by atoms with Crippen LogP contribution in [0.1, 0.15) is 128 Å². The number of nitrogens with one attached hydrogen (secondary N) is 3. The first-order valence-corrected chi connectivity index (χ1v) is 34.8. The van der Waals surface area contributed by atoms with E-state index in [1.165, 1.54) is 43.0 Å². The molecule has 4 aliphatic heterocycles. The number of halogens is 8. The molecule has 0 unspecified atom stereocenters. The predicted molar refractivity (Wildman–Crippen MR) is 394 cm³/mol. The molecule has 0 spiro atoms. The Morgan fingerprint density at radius 3 is 1.27 bits per heavy atom. The van der Waals surface area contributed by atoms with Crippen molar-refractivity contribution >= 4 is 112 Å². The summed E-state index contributed by atoms with van der Waals surface area (Å²) in [6.45, 7) is 31.7. The Bertz CT molecular complexity index is 3870. The minimum Gasteiger partial charge on any atom is -0.478 e. The predicted octanol–water partition coefficient (Wildman–Crippen LogP) is 13.4. The number of rotatable bonds is 12. The topological polar surface area (TPSA) is 333 Å². The molecule has 25 nitrogen and oxygen atoms in total. The van der Waals surface area contributed by atoms with E-state index in [-0.39, 0.29) is 46.8 Å². The Balaban J connectivity index is 0.000000268. The molecule has 33 heteroatoms. The number of carboxylic acids is 1. The van der Waals surface area contributed by atoms with E-state index < -0.39 is 29.6 Å². The summed E-state index contributed by atoms with van der Waals surface area (Å²) in [5.74, 6) is 2.25. The van der Waals surface area contributed by atoms with Crippen LogP contribution in [-0.2, 0) is 43.1 Å². The summed E-state index contributed by atoms with van der Waals surface area (Å²) in [7, 11) is 0. The number of hydrogen-bond acceptors (Lipinski definition) is 19. The Hall–Kier alpha value is -8.51. The molecule has 8 heterocycles. The second kappa shape index (κ2) is 42.4. The average Bonchev–Trinajstić information content (AvgIpc) is 1.74. The summed E-state index contributed by atoms with van der Waals surface area (Å²) in [6.07, 6.45) is 9.03. The van der Waals surface area contributed by atoms with Crippen molar-refractivity contribution in [3.63, 3.8) is 0 Å². The molecule has 6 aromatic rings. The van der Waals surface area contributed by atoms with Crippen molar-refractivity contribution in [1.29, 1.82) is 0 Å². The van der Waals surface area contributed by atoms with E-state index in [4.69, 9.17) is 83.1 Å². The molecule has 0 saturated carbocycles. The number of carbonyl (C=O) groups excluding carboxylic acids is 6. The highest BCUT2D eigenvalue weighted by Crippen LogP contribution is 2.26. The molecule has 4 aliphatic rings. The molecule has 6 N–H and O–H groups in total. The average molecular weight is 1550 g/mol. The lowest BCUT2D eigenvalue weighted by atomic mass is 10.0. The lowest BCUT2D eigenvalue weighted by Crippen LogP contribution is -2.36. The number of alkyl halides is 3. The van der Waals surface area contributed by atoms with E-state index in [0.29, 0.717) is 86.7 Å². The van der Waals surface area contributed by atoms with Gasteiger partial charge in [0.15, 0.2) is 0 Å². The summed E-state index contributed by atoms with van der Waals surface area (Å²) in [4.78, 5) is 116. The van der Waals surface area contributed by atoms with Crippen LogP contribution in [0.4, 0.5) is 34.1 Å². The van der Waals surface area contributed by atoms with Gasteiger partial charge in [-0.3, -0.25) is 19.2 Å². The van der Waals surface area contributed by atoms with Gasteiger partial charge in [0, 0.05) is 100 Å². The van der Waals surface area contributed by atoms with Gasteiger partial charge in [0.25, 0.3) is 5.91 Å². The Morgan fingerprint density at radius 1 is 0.567 bits per heavy atom. The molecule has 4 fully saturated rings. The summed E-state index contributed by atoms with van der Waals surface area (Å²) in [5, 5.41) is 19.7. The number of carbonyl (C=O) groups is 7. The first kappa shape index (κ1) is 87.9. The fourth-order valence-corrected chi connectivity index (χ4v) is 10.3. The molecular formula is C71H89Cl5F3N15O10. The number of aromatic carboxylic acids is 1. The number of aryl methyl sites for hydroxylation is 4. The fourth-order valence-electron chi connectivity index (χ4n) is 9.80. The summed E-state index contributed by atoms with van der Waals surface area (Å²) >= 11 is 28.8. The van der Waals surface area contributed by atoms with Crippen LogP contribution >= 0.6 is 58.0 Å². The van der Waals surface area contributed by atoms with Crippen LogP contribution in [0.5, 0.6) is 0 Å². The highest BCUT2D eigenvalue weighted by molar-refractivity contribution is 6.32. The fraction of sp³-hybridized carbons (Fsp3) is 0.451. The van der Waals surface area contributed by atoms with Crippen molar-refractivity contribution in [3.8, 4) is 0 Å². The largest absolute Gasteiger partial charge is 0.478 e. The van der Waals surface area contributed by atoms with Crippen molar-refractivity contribution in [2.45, 2.75) is 138 Å². The Kier molecular flexibility index (Phi) is 35.9. The minimum absolute atomic E-state index is 0.00713. The first-order chi connectivity index (χ1) is 48.7. The van der Waals surface area contributed by atoms with E-state index in [0.717, 1.165) is 105 Å². The third kappa shape index (κ3) is 33.5. The van der Waals surface area contributed by atoms with Gasteiger partial charge in [0.1, 0.15) is 28.7 Å². The molecule has 4 aromatic heterocycles. The number of carboxylic acid groups (broad SMARTS) is 1. The zero-order chi connectivity index (χ0) is 77.6. The molecule has 5 amide bonds. The quantitative estimate of drug-likeness (QED) is 0.0432. The number of nitrogens with zero attached hydrogens (tertiary/aromatic N) is 11. The highest BCUT2D eigenvalue weighted by atomic mass is 35.5. The van der Waals surface area contributed by atoms with Gasteiger partial charge < -0.3 is 51.0 Å². The van der Waals surface area contributed by atoms with Gasteiger partial charge in [-0.05, 0) is 198 Å². The van der Waals surface area contributed by atoms with Crippen LogP contribution in [0, 0.1) is 45.4 Å². The van der Waals surface area contributed by atoms with Crippen molar-refractivity contribution in [3.05, 3.63) is 175 Å². The second-order valence-electron chi connectivity index (χ2n) is 26.2. The lowest BCUT2D eigenvalue weighted by molar-refractivity contribution is -0.156. The van der Waals surface area contributed by atoms with E-state index in [1.54, 1.807) is 59.6 Å². The number of likely N-dealkylation sites (tertiary alicyclic amines) is 3. The first-order valence-electron chi connectivity index (χ1n) is 32.9. The van der Waals surface area contributed by atoms with Gasteiger partial charge in [-0.1, -0.05) is 59.6 Å². The SMILES string of the molecule is C=CC(=O)Nc1ccc(C(=O)N2CC[C@@H](Cc3ncc(Cl)c(C)n3)C2)cc1.C=CC(=O)Nc1ccc(C(=O)O)cc1.CC(C)(C)OC(=O)N1CC[C@@H](N)C1.Cc1nc(C[C@@H]2CCN(C(=O)OC(C)(C)C)C2)ncc1Cl.Cc1nc(C[C@@H]2CCNC2)ncc1Cl.Cc1nc(Cl)ncc1Cl.O=CC(F)(F)F. The lowest BCUT2D eigenvalue weighted by Gasteiger charge is -2.24. The standard InChI is InChI=1S/C20H21ClN4O2.C15H22ClN3O2.C10H14ClN3.C10H9NO3.C9H18N2O2.C5H4Cl2N2.C2HF3O/c1-3-19(26)24-16-6-4-15(5-7-16)20(27)25-9-8-14(12-25)10-18-22-11-17(21)13(2)23-18;1-10-12(16)8-17-13(18-10)7-11-5-6-19(9-11)14(20)21-15(2,3)4;1-7-9(11)6-13-10(14-7)4-8-2-3-12-5-8;1-2-9(12)11-8-5-3-7(4-6-8)10(13)14;1-9(2,3)13-8(12)11-5-4-7(10)6-11;1-3-4(6)2-8-5(7)9-3;3-2(4,5)1-6/h3-7,11,14H,1,8-10,12H2,2H3,(H,24,26);8,11H,5-7,9H2,1-4H3;6,8,12H,2-5H2,1H3;2-6H,1H2,(H,11,12)(H,13,14);7H,4-6,10H2,1-3H3;2H,1H3;1H/t14-;11-;8-;;7-;;/m000.1../s1. The van der Waals surface area contributed by atoms with Crippen molar-refractivity contribution in [2.75, 3.05) is 63.0 Å². The third-order valence-electron chi connectivity index (χ3n) is 15.1. The van der Waals surface area contributed by atoms with Crippen LogP contribution < -0.4 is 21.7 Å². The molecule has 0 bridgehead atoms. The Labute approximate surface area is 628 Å². The minimum atomic E-state index is -4.64. The number of hydrogen-bond donors (Lipinski definition) is 5. The number of ether oxygens (including phenoxy) is 2. The van der Waals surface area contributed by atoms with E-state index in [1.807, 2.05) is 67.2 Å². The summed E-state index contributed by atoms with van der Waals surface area (Å²) in [6, 6.07) is 12.9. The van der Waals surface area contributed by atoms with Gasteiger partial charge in [0.05, 0.1) is 54.6 Å². The number of amides is 5. The van der Waals surface area contributed by atoms with E-state index in [2.05, 4.69) is 69.0 Å².